The first kappa shape index (κ1) is 25.3. The second-order valence-electron chi connectivity index (χ2n) is 7.23. The summed E-state index contributed by atoms with van der Waals surface area (Å²) in [6.07, 6.45) is 0.225. The van der Waals surface area contributed by atoms with E-state index in [9.17, 15) is 13.6 Å². The van der Waals surface area contributed by atoms with Crippen molar-refractivity contribution in [1.82, 2.24) is 16.0 Å². The lowest BCUT2D eigenvalue weighted by atomic mass is 10.2. The van der Waals surface area contributed by atoms with Crippen LogP contribution in [0.5, 0.6) is 11.5 Å². The Morgan fingerprint density at radius 3 is 2.43 bits per heavy atom. The fraction of sp³-hybridized carbons (Fsp3) is 0.600. The number of nitrogens with zero attached hydrogens (tertiary/aromatic N) is 1. The minimum absolute atomic E-state index is 0.00408. The third-order valence-corrected chi connectivity index (χ3v) is 3.52. The van der Waals surface area contributed by atoms with Crippen molar-refractivity contribution in [2.75, 3.05) is 26.7 Å². The number of rotatable bonds is 10. The first-order valence-electron chi connectivity index (χ1n) is 9.76. The van der Waals surface area contributed by atoms with E-state index in [0.29, 0.717) is 38.6 Å². The molecule has 0 saturated carbocycles. The Bertz CT molecular complexity index is 694. The summed E-state index contributed by atoms with van der Waals surface area (Å²) in [7, 11) is 1.64. The molecule has 170 valence electrons. The fourth-order valence-electron chi connectivity index (χ4n) is 2.33. The second-order valence-corrected chi connectivity index (χ2v) is 7.23. The first-order chi connectivity index (χ1) is 14.1. The van der Waals surface area contributed by atoms with Gasteiger partial charge in [-0.1, -0.05) is 6.07 Å². The number of aliphatic imine (C=N–C) groups is 1. The minimum Gasteiger partial charge on any atom is -0.490 e. The first-order valence-corrected chi connectivity index (χ1v) is 9.76. The average molecular weight is 430 g/mol. The molecule has 10 heteroatoms. The molecule has 0 saturated heterocycles. The Hall–Kier alpha value is -2.78. The van der Waals surface area contributed by atoms with Gasteiger partial charge in [-0.25, -0.2) is 4.79 Å². The van der Waals surface area contributed by atoms with E-state index in [2.05, 4.69) is 25.7 Å². The van der Waals surface area contributed by atoms with E-state index in [1.165, 1.54) is 6.07 Å². The smallest absolute Gasteiger partial charge is 0.407 e. The zero-order valence-corrected chi connectivity index (χ0v) is 18.2. The van der Waals surface area contributed by atoms with Crippen LogP contribution >= 0.6 is 0 Å². The van der Waals surface area contributed by atoms with E-state index in [1.807, 2.05) is 0 Å². The number of hydrogen-bond donors (Lipinski definition) is 3. The summed E-state index contributed by atoms with van der Waals surface area (Å²) in [6.45, 7) is 6.05. The Kier molecular flexibility index (Phi) is 10.7. The summed E-state index contributed by atoms with van der Waals surface area (Å²) < 4.78 is 40.0. The molecule has 0 spiro atoms. The molecular formula is C20H32F2N4O4. The Labute approximate surface area is 176 Å². The maximum Gasteiger partial charge on any atom is 0.407 e. The van der Waals surface area contributed by atoms with Gasteiger partial charge in [-0.05, 0) is 51.8 Å². The van der Waals surface area contributed by atoms with Crippen LogP contribution in [0.15, 0.2) is 23.2 Å². The molecule has 1 rings (SSSR count). The maximum atomic E-state index is 12.5. The summed E-state index contributed by atoms with van der Waals surface area (Å²) in [5.41, 5.74) is 0.287. The molecule has 0 fully saturated rings. The van der Waals surface area contributed by atoms with Crippen LogP contribution in [0.25, 0.3) is 0 Å². The highest BCUT2D eigenvalue weighted by Gasteiger charge is 2.15. The quantitative estimate of drug-likeness (QED) is 0.300. The van der Waals surface area contributed by atoms with Crippen LogP contribution in [0.2, 0.25) is 0 Å². The van der Waals surface area contributed by atoms with Crippen molar-refractivity contribution >= 4 is 12.1 Å². The molecule has 0 heterocycles. The van der Waals surface area contributed by atoms with Gasteiger partial charge in [-0.3, -0.25) is 4.99 Å². The van der Waals surface area contributed by atoms with Crippen LogP contribution in [0.4, 0.5) is 13.6 Å². The van der Waals surface area contributed by atoms with Gasteiger partial charge in [0.15, 0.2) is 17.5 Å². The van der Waals surface area contributed by atoms with Gasteiger partial charge in [0, 0.05) is 26.7 Å². The molecule has 0 radical (unpaired) electrons. The molecule has 3 N–H and O–H groups in total. The van der Waals surface area contributed by atoms with Crippen molar-refractivity contribution in [1.29, 1.82) is 0 Å². The molecule has 0 bridgehead atoms. The monoisotopic (exact) mass is 430 g/mol. The number of carbonyl (C=O) groups excluding carboxylic acids is 1. The number of carbonyl (C=O) groups is 1. The van der Waals surface area contributed by atoms with Gasteiger partial charge < -0.3 is 30.2 Å². The Morgan fingerprint density at radius 2 is 1.83 bits per heavy atom. The SMILES string of the molecule is CCOc1cc(CNC(=NC)NCCCNC(=O)OC(C)(C)C)ccc1OC(F)F. The lowest BCUT2D eigenvalue weighted by molar-refractivity contribution is -0.0514. The number of guanidine groups is 1. The van der Waals surface area contributed by atoms with Crippen LogP contribution in [-0.4, -0.2) is 51.0 Å². The van der Waals surface area contributed by atoms with Crippen LogP contribution in [0.3, 0.4) is 0 Å². The molecule has 0 atom stereocenters. The molecule has 0 aliphatic carbocycles. The number of halogens is 2. The van der Waals surface area contributed by atoms with Crippen LogP contribution in [0, 0.1) is 0 Å². The van der Waals surface area contributed by atoms with Crippen LogP contribution in [-0.2, 0) is 11.3 Å². The van der Waals surface area contributed by atoms with Crippen LogP contribution < -0.4 is 25.4 Å². The van der Waals surface area contributed by atoms with Crippen molar-refractivity contribution in [3.8, 4) is 11.5 Å². The number of amides is 1. The van der Waals surface area contributed by atoms with E-state index >= 15 is 0 Å². The van der Waals surface area contributed by atoms with Crippen molar-refractivity contribution in [3.05, 3.63) is 23.8 Å². The third kappa shape index (κ3) is 10.7. The van der Waals surface area contributed by atoms with Gasteiger partial charge in [-0.2, -0.15) is 8.78 Å². The van der Waals surface area contributed by atoms with E-state index in [1.54, 1.807) is 46.9 Å². The maximum absolute atomic E-state index is 12.5. The molecule has 30 heavy (non-hydrogen) atoms. The molecule has 0 unspecified atom stereocenters. The molecule has 1 amide bonds. The van der Waals surface area contributed by atoms with Gasteiger partial charge in [0.05, 0.1) is 6.61 Å². The van der Waals surface area contributed by atoms with Crippen molar-refractivity contribution in [2.45, 2.75) is 52.9 Å². The van der Waals surface area contributed by atoms with Gasteiger partial charge in [0.1, 0.15) is 5.60 Å². The average Bonchev–Trinajstić information content (AvgIpc) is 2.64. The lowest BCUT2D eigenvalue weighted by Crippen LogP contribution is -2.39. The molecule has 8 nitrogen and oxygen atoms in total. The third-order valence-electron chi connectivity index (χ3n) is 3.52. The molecule has 1 aromatic rings. The van der Waals surface area contributed by atoms with Crippen molar-refractivity contribution in [3.63, 3.8) is 0 Å². The molecule has 1 aromatic carbocycles. The number of ether oxygens (including phenoxy) is 3. The predicted molar refractivity (Wildman–Crippen MR) is 111 cm³/mol. The highest BCUT2D eigenvalue weighted by atomic mass is 19.3. The van der Waals surface area contributed by atoms with Crippen molar-refractivity contribution in [2.24, 2.45) is 4.99 Å². The van der Waals surface area contributed by atoms with Crippen molar-refractivity contribution < 1.29 is 27.8 Å². The minimum atomic E-state index is -2.92. The molecule has 0 aliphatic rings. The fourth-order valence-corrected chi connectivity index (χ4v) is 2.33. The standard InChI is InChI=1S/C20H32F2N4O4/c1-6-28-16-12-14(8-9-15(16)29-17(21)22)13-26-18(23-5)24-10-7-11-25-19(27)30-20(2,3)4/h8-9,12,17H,6-7,10-11,13H2,1-5H3,(H,25,27)(H2,23,24,26). The van der Waals surface area contributed by atoms with Gasteiger partial charge in [0.25, 0.3) is 0 Å². The summed E-state index contributed by atoms with van der Waals surface area (Å²) in [5.74, 6) is 0.821. The number of benzene rings is 1. The number of nitrogens with one attached hydrogen (secondary N) is 3. The number of alkyl halides is 2. The van der Waals surface area contributed by atoms with E-state index in [4.69, 9.17) is 9.47 Å². The summed E-state index contributed by atoms with van der Waals surface area (Å²) in [5, 5.41) is 8.94. The second kappa shape index (κ2) is 12.7. The Balaban J connectivity index is 2.43. The normalized spacial score (nSPS) is 11.8. The van der Waals surface area contributed by atoms with Gasteiger partial charge >= 0.3 is 12.7 Å². The zero-order chi connectivity index (χ0) is 22.6. The zero-order valence-electron chi connectivity index (χ0n) is 18.2. The largest absolute Gasteiger partial charge is 0.490 e. The number of alkyl carbamates (subject to hydrolysis) is 1. The topological polar surface area (TPSA) is 93.2 Å². The van der Waals surface area contributed by atoms with Gasteiger partial charge in [-0.15, -0.1) is 0 Å². The van der Waals surface area contributed by atoms with E-state index in [-0.39, 0.29) is 11.5 Å². The highest BCUT2D eigenvalue weighted by molar-refractivity contribution is 5.79. The molecular weight excluding hydrogens is 398 g/mol. The van der Waals surface area contributed by atoms with Gasteiger partial charge in [0.2, 0.25) is 0 Å². The van der Waals surface area contributed by atoms with E-state index in [0.717, 1.165) is 5.56 Å². The predicted octanol–water partition coefficient (Wildman–Crippen LogP) is 3.27. The van der Waals surface area contributed by atoms with E-state index < -0.39 is 18.3 Å². The molecule has 0 aliphatic heterocycles. The molecule has 0 aromatic heterocycles. The Morgan fingerprint density at radius 1 is 1.13 bits per heavy atom. The van der Waals surface area contributed by atoms with Crippen LogP contribution in [0.1, 0.15) is 39.7 Å². The number of hydrogen-bond acceptors (Lipinski definition) is 5. The lowest BCUT2D eigenvalue weighted by Gasteiger charge is -2.19. The summed E-state index contributed by atoms with van der Waals surface area (Å²) >= 11 is 0. The highest BCUT2D eigenvalue weighted by Crippen LogP contribution is 2.29. The summed E-state index contributed by atoms with van der Waals surface area (Å²) in [6, 6.07) is 4.77. The summed E-state index contributed by atoms with van der Waals surface area (Å²) in [4.78, 5) is 15.7.